The van der Waals surface area contributed by atoms with Gasteiger partial charge in [-0.25, -0.2) is 0 Å². The van der Waals surface area contributed by atoms with Crippen LogP contribution in [0, 0.1) is 0 Å². The van der Waals surface area contributed by atoms with Gasteiger partial charge in [-0.1, -0.05) is 6.08 Å². The molecule has 1 saturated heterocycles. The molecule has 0 aliphatic carbocycles. The molecule has 1 heterocycles. The summed E-state index contributed by atoms with van der Waals surface area (Å²) in [6.07, 6.45) is 3.00. The number of nitrogens with zero attached hydrogens (tertiary/aromatic N) is 1. The Morgan fingerprint density at radius 2 is 2.19 bits per heavy atom. The van der Waals surface area contributed by atoms with Gasteiger partial charge >= 0.3 is 0 Å². The number of amides is 3. The lowest BCUT2D eigenvalue weighted by molar-refractivity contribution is -0.138. The van der Waals surface area contributed by atoms with E-state index < -0.39 is 30.0 Å². The molecular weight excluding hydrogens is 274 g/mol. The Morgan fingerprint density at radius 1 is 1.52 bits per heavy atom. The number of hydrogen-bond donors (Lipinski definition) is 3. The smallest absolute Gasteiger partial charge is 0.243 e. The van der Waals surface area contributed by atoms with E-state index in [0.717, 1.165) is 6.42 Å². The molecule has 0 aromatic carbocycles. The Labute approximate surface area is 124 Å². The number of likely N-dealkylation sites (tertiary alicyclic amines) is 1. The molecular formula is C14H23N3O4. The van der Waals surface area contributed by atoms with Gasteiger partial charge in [-0.3, -0.25) is 14.4 Å². The van der Waals surface area contributed by atoms with Crippen LogP contribution in [0.2, 0.25) is 0 Å². The van der Waals surface area contributed by atoms with E-state index in [9.17, 15) is 19.5 Å². The fourth-order valence-electron chi connectivity index (χ4n) is 2.43. The van der Waals surface area contributed by atoms with Gasteiger partial charge in [-0.2, -0.15) is 0 Å². The highest BCUT2D eigenvalue weighted by molar-refractivity contribution is 5.91. The second-order valence-electron chi connectivity index (χ2n) is 5.26. The molecule has 0 aromatic heterocycles. The van der Waals surface area contributed by atoms with Gasteiger partial charge in [0.1, 0.15) is 12.1 Å². The van der Waals surface area contributed by atoms with Gasteiger partial charge in [-0.05, 0) is 19.3 Å². The summed E-state index contributed by atoms with van der Waals surface area (Å²) in [6, 6.07) is -1.53. The van der Waals surface area contributed by atoms with Crippen molar-refractivity contribution in [1.29, 1.82) is 0 Å². The number of aliphatic hydroxyl groups excluding tert-OH is 1. The maximum atomic E-state index is 12.2. The number of β-amino-alcohol motifs (C(OH)–C–C–N with tert-alkyl or cyclic N) is 1. The minimum Gasteiger partial charge on any atom is -0.391 e. The third-order valence-electron chi connectivity index (χ3n) is 3.55. The van der Waals surface area contributed by atoms with Gasteiger partial charge in [0.25, 0.3) is 0 Å². The van der Waals surface area contributed by atoms with Gasteiger partial charge in [0, 0.05) is 19.9 Å². The minimum atomic E-state index is -0.774. The summed E-state index contributed by atoms with van der Waals surface area (Å²) in [7, 11) is 0. The van der Waals surface area contributed by atoms with Gasteiger partial charge in [0.2, 0.25) is 17.7 Å². The summed E-state index contributed by atoms with van der Waals surface area (Å²) in [4.78, 5) is 36.4. The molecule has 0 spiro atoms. The van der Waals surface area contributed by atoms with Crippen LogP contribution < -0.4 is 11.1 Å². The van der Waals surface area contributed by atoms with Crippen LogP contribution in [-0.2, 0) is 14.4 Å². The van der Waals surface area contributed by atoms with Gasteiger partial charge in [0.05, 0.1) is 6.10 Å². The fraction of sp³-hybridized carbons (Fsp3) is 0.643. The molecule has 21 heavy (non-hydrogen) atoms. The van der Waals surface area contributed by atoms with Crippen LogP contribution in [0.5, 0.6) is 0 Å². The number of allylic oxidation sites excluding steroid dienone is 1. The summed E-state index contributed by atoms with van der Waals surface area (Å²) in [6.45, 7) is 5.06. The highest BCUT2D eigenvalue weighted by Crippen LogP contribution is 2.18. The summed E-state index contributed by atoms with van der Waals surface area (Å²) in [5.41, 5.74) is 5.28. The molecule has 3 amide bonds. The average Bonchev–Trinajstić information content (AvgIpc) is 2.80. The number of carbonyl (C=O) groups excluding carboxylic acids is 3. The van der Waals surface area contributed by atoms with Crippen LogP contribution in [0.15, 0.2) is 12.7 Å². The second-order valence-corrected chi connectivity index (χ2v) is 5.26. The van der Waals surface area contributed by atoms with Crippen molar-refractivity contribution in [3.05, 3.63) is 12.7 Å². The van der Waals surface area contributed by atoms with Crippen LogP contribution in [-0.4, -0.2) is 52.5 Å². The molecule has 0 saturated carbocycles. The molecule has 118 valence electrons. The molecule has 0 aromatic rings. The number of rotatable bonds is 7. The zero-order valence-corrected chi connectivity index (χ0v) is 12.2. The largest absolute Gasteiger partial charge is 0.391 e. The Hall–Kier alpha value is -1.89. The normalized spacial score (nSPS) is 22.7. The first-order valence-electron chi connectivity index (χ1n) is 7.02. The monoisotopic (exact) mass is 297 g/mol. The van der Waals surface area contributed by atoms with Crippen molar-refractivity contribution in [1.82, 2.24) is 10.2 Å². The quantitative estimate of drug-likeness (QED) is 0.426. The second kappa shape index (κ2) is 7.78. The number of nitrogens with one attached hydrogen (secondary N) is 1. The third kappa shape index (κ3) is 4.86. The van der Waals surface area contributed by atoms with Crippen LogP contribution in [0.3, 0.4) is 0 Å². The van der Waals surface area contributed by atoms with E-state index in [1.165, 1.54) is 11.8 Å². The van der Waals surface area contributed by atoms with Crippen molar-refractivity contribution in [3.63, 3.8) is 0 Å². The van der Waals surface area contributed by atoms with Gasteiger partial charge < -0.3 is 21.1 Å². The minimum absolute atomic E-state index is 0.130. The lowest BCUT2D eigenvalue weighted by Gasteiger charge is -2.24. The molecule has 4 N–H and O–H groups in total. The van der Waals surface area contributed by atoms with E-state index in [2.05, 4.69) is 11.9 Å². The van der Waals surface area contributed by atoms with Crippen LogP contribution in [0.1, 0.15) is 32.6 Å². The summed E-state index contributed by atoms with van der Waals surface area (Å²) in [5.74, 6) is -1.35. The molecule has 1 fully saturated rings. The SMILES string of the molecule is C=CCCC[C@H](NC(=O)[C@@H]1C[C@@H](O)CN1C(C)=O)C(N)=O. The first kappa shape index (κ1) is 17.2. The molecule has 1 aliphatic rings. The average molecular weight is 297 g/mol. The topological polar surface area (TPSA) is 113 Å². The van der Waals surface area contributed by atoms with Crippen molar-refractivity contribution >= 4 is 17.7 Å². The van der Waals surface area contributed by atoms with Gasteiger partial charge in [-0.15, -0.1) is 6.58 Å². The number of nitrogens with two attached hydrogens (primary N) is 1. The van der Waals surface area contributed by atoms with Crippen LogP contribution in [0.25, 0.3) is 0 Å². The van der Waals surface area contributed by atoms with E-state index in [-0.39, 0.29) is 18.9 Å². The Balaban J connectivity index is 2.65. The van der Waals surface area contributed by atoms with Crippen molar-refractivity contribution in [2.75, 3.05) is 6.54 Å². The number of aliphatic hydroxyl groups is 1. The maximum Gasteiger partial charge on any atom is 0.243 e. The summed E-state index contributed by atoms with van der Waals surface area (Å²) >= 11 is 0. The number of unbranched alkanes of at least 4 members (excludes halogenated alkanes) is 1. The molecule has 1 aliphatic heterocycles. The lowest BCUT2D eigenvalue weighted by atomic mass is 10.1. The zero-order chi connectivity index (χ0) is 16.0. The summed E-state index contributed by atoms with van der Waals surface area (Å²) < 4.78 is 0. The van der Waals surface area contributed by atoms with Crippen molar-refractivity contribution in [2.45, 2.75) is 50.8 Å². The zero-order valence-electron chi connectivity index (χ0n) is 12.2. The first-order valence-corrected chi connectivity index (χ1v) is 7.02. The van der Waals surface area contributed by atoms with E-state index in [0.29, 0.717) is 12.8 Å². The Morgan fingerprint density at radius 3 is 2.71 bits per heavy atom. The van der Waals surface area contributed by atoms with Gasteiger partial charge in [0.15, 0.2) is 0 Å². The van der Waals surface area contributed by atoms with Crippen molar-refractivity contribution < 1.29 is 19.5 Å². The molecule has 0 unspecified atom stereocenters. The highest BCUT2D eigenvalue weighted by atomic mass is 16.3. The molecule has 7 nitrogen and oxygen atoms in total. The summed E-state index contributed by atoms with van der Waals surface area (Å²) in [5, 5.41) is 12.2. The molecule has 0 radical (unpaired) electrons. The van der Waals surface area contributed by atoms with Crippen LogP contribution in [0.4, 0.5) is 0 Å². The molecule has 1 rings (SSSR count). The third-order valence-corrected chi connectivity index (χ3v) is 3.55. The Kier molecular flexibility index (Phi) is 6.36. The molecule has 3 atom stereocenters. The van der Waals surface area contributed by atoms with E-state index in [4.69, 9.17) is 5.73 Å². The number of hydrogen-bond acceptors (Lipinski definition) is 4. The maximum absolute atomic E-state index is 12.2. The number of carbonyl (C=O) groups is 3. The standard InChI is InChI=1S/C14H23N3O4/c1-3-4-5-6-11(13(15)20)16-14(21)12-7-10(19)8-17(12)9(2)18/h3,10-12,19H,1,4-8H2,2H3,(H2,15,20)(H,16,21)/t10-,11+,12+/m1/s1. The van der Waals surface area contributed by atoms with E-state index >= 15 is 0 Å². The fourth-order valence-corrected chi connectivity index (χ4v) is 2.43. The van der Waals surface area contributed by atoms with Crippen molar-refractivity contribution in [3.8, 4) is 0 Å². The van der Waals surface area contributed by atoms with Crippen molar-refractivity contribution in [2.24, 2.45) is 5.73 Å². The molecule has 0 bridgehead atoms. The first-order chi connectivity index (χ1) is 9.86. The van der Waals surface area contributed by atoms with E-state index in [1.807, 2.05) is 0 Å². The van der Waals surface area contributed by atoms with E-state index in [1.54, 1.807) is 6.08 Å². The predicted octanol–water partition coefficient (Wildman–Crippen LogP) is -0.705. The van der Waals surface area contributed by atoms with Crippen LogP contribution >= 0.6 is 0 Å². The lowest BCUT2D eigenvalue weighted by Crippen LogP contribution is -2.51. The Bertz CT molecular complexity index is 424. The molecule has 7 heteroatoms. The number of primary amides is 1. The highest BCUT2D eigenvalue weighted by Gasteiger charge is 2.38. The predicted molar refractivity (Wildman–Crippen MR) is 77.0 cm³/mol.